The van der Waals surface area contributed by atoms with Gasteiger partial charge in [0.2, 0.25) is 15.9 Å². The van der Waals surface area contributed by atoms with Crippen LogP contribution in [0.2, 0.25) is 5.02 Å². The van der Waals surface area contributed by atoms with E-state index in [1.165, 1.54) is 0 Å². The number of carbonyl (C=O) groups is 1. The average molecular weight is 379 g/mol. The lowest BCUT2D eigenvalue weighted by molar-refractivity contribution is -0.119. The minimum absolute atomic E-state index is 0.113. The minimum Gasteiger partial charge on any atom is -0.312 e. The van der Waals surface area contributed by atoms with Crippen molar-refractivity contribution in [3.8, 4) is 0 Å². The first kappa shape index (κ1) is 17.8. The Labute approximate surface area is 152 Å². The number of amides is 1. The number of nitrogens with zero attached hydrogens (tertiary/aromatic N) is 1. The van der Waals surface area contributed by atoms with Crippen LogP contribution in [0.4, 0.5) is 11.4 Å². The SMILES string of the molecule is O=C1CCCCN1c1ccc(NS(=O)(=O)Cc2ccc(Cl)cc2)cc1. The van der Waals surface area contributed by atoms with E-state index in [2.05, 4.69) is 4.72 Å². The molecule has 1 aliphatic rings. The maximum absolute atomic E-state index is 12.3. The van der Waals surface area contributed by atoms with Crippen LogP contribution in [0.3, 0.4) is 0 Å². The Hall–Kier alpha value is -2.05. The highest BCUT2D eigenvalue weighted by atomic mass is 35.5. The molecule has 0 bridgehead atoms. The number of piperidine rings is 1. The molecule has 1 N–H and O–H groups in total. The number of benzene rings is 2. The van der Waals surface area contributed by atoms with Crippen molar-refractivity contribution in [2.45, 2.75) is 25.0 Å². The fraction of sp³-hybridized carbons (Fsp3) is 0.278. The number of hydrogen-bond acceptors (Lipinski definition) is 3. The van der Waals surface area contributed by atoms with Gasteiger partial charge in [0.1, 0.15) is 0 Å². The number of sulfonamides is 1. The molecule has 1 aliphatic heterocycles. The van der Waals surface area contributed by atoms with Gasteiger partial charge in [0.05, 0.1) is 5.75 Å². The van der Waals surface area contributed by atoms with Gasteiger partial charge in [-0.25, -0.2) is 8.42 Å². The number of nitrogens with one attached hydrogen (secondary N) is 1. The van der Waals surface area contributed by atoms with Crippen LogP contribution < -0.4 is 9.62 Å². The standard InChI is InChI=1S/C18H19ClN2O3S/c19-15-6-4-14(5-7-15)13-25(23,24)20-16-8-10-17(11-9-16)21-12-2-1-3-18(21)22/h4-11,20H,1-3,12-13H2. The maximum atomic E-state index is 12.3. The molecule has 2 aromatic rings. The van der Waals surface area contributed by atoms with Crippen LogP contribution in [0.25, 0.3) is 0 Å². The van der Waals surface area contributed by atoms with Crippen molar-refractivity contribution in [2.24, 2.45) is 0 Å². The van der Waals surface area contributed by atoms with E-state index in [0.717, 1.165) is 18.5 Å². The lowest BCUT2D eigenvalue weighted by Gasteiger charge is -2.26. The van der Waals surface area contributed by atoms with Gasteiger partial charge in [-0.05, 0) is 54.8 Å². The van der Waals surface area contributed by atoms with Crippen molar-refractivity contribution >= 4 is 38.9 Å². The molecule has 0 atom stereocenters. The summed E-state index contributed by atoms with van der Waals surface area (Å²) in [6, 6.07) is 13.6. The van der Waals surface area contributed by atoms with Crippen LogP contribution in [0.15, 0.2) is 48.5 Å². The second-order valence-electron chi connectivity index (χ2n) is 6.04. The minimum atomic E-state index is -3.52. The molecule has 1 amide bonds. The molecule has 0 spiro atoms. The molecule has 0 aromatic heterocycles. The highest BCUT2D eigenvalue weighted by molar-refractivity contribution is 7.91. The zero-order valence-electron chi connectivity index (χ0n) is 13.6. The summed E-state index contributed by atoms with van der Waals surface area (Å²) >= 11 is 5.81. The van der Waals surface area contributed by atoms with Crippen LogP contribution in [-0.4, -0.2) is 20.9 Å². The van der Waals surface area contributed by atoms with Crippen molar-refractivity contribution < 1.29 is 13.2 Å². The number of anilines is 2. The normalized spacial score (nSPS) is 15.2. The molecule has 3 rings (SSSR count). The molecule has 1 fully saturated rings. The summed E-state index contributed by atoms with van der Waals surface area (Å²) in [5.41, 5.74) is 1.93. The zero-order chi connectivity index (χ0) is 17.9. The predicted octanol–water partition coefficient (Wildman–Crippen LogP) is 3.80. The maximum Gasteiger partial charge on any atom is 0.236 e. The van der Waals surface area contributed by atoms with E-state index in [1.54, 1.807) is 53.4 Å². The Kier molecular flexibility index (Phi) is 5.30. The second kappa shape index (κ2) is 7.45. The smallest absolute Gasteiger partial charge is 0.236 e. The molecule has 0 radical (unpaired) electrons. The topological polar surface area (TPSA) is 66.5 Å². The second-order valence-corrected chi connectivity index (χ2v) is 8.20. The van der Waals surface area contributed by atoms with Crippen LogP contribution in [0.1, 0.15) is 24.8 Å². The molecule has 0 aliphatic carbocycles. The summed E-state index contributed by atoms with van der Waals surface area (Å²) in [6.45, 7) is 0.709. The zero-order valence-corrected chi connectivity index (χ0v) is 15.2. The average Bonchev–Trinajstić information content (AvgIpc) is 2.58. The Bertz CT molecular complexity index is 849. The Morgan fingerprint density at radius 2 is 1.68 bits per heavy atom. The fourth-order valence-corrected chi connectivity index (χ4v) is 4.13. The summed E-state index contributed by atoms with van der Waals surface area (Å²) in [6.07, 6.45) is 2.48. The Morgan fingerprint density at radius 3 is 2.32 bits per heavy atom. The summed E-state index contributed by atoms with van der Waals surface area (Å²) < 4.78 is 27.1. The molecular formula is C18H19ClN2O3S. The van der Waals surface area contributed by atoms with Gasteiger partial charge >= 0.3 is 0 Å². The lowest BCUT2D eigenvalue weighted by Crippen LogP contribution is -2.35. The van der Waals surface area contributed by atoms with E-state index in [4.69, 9.17) is 11.6 Å². The first-order valence-electron chi connectivity index (χ1n) is 8.08. The molecule has 5 nitrogen and oxygen atoms in total. The first-order valence-corrected chi connectivity index (χ1v) is 10.1. The van der Waals surface area contributed by atoms with Crippen LogP contribution >= 0.6 is 11.6 Å². The first-order chi connectivity index (χ1) is 11.9. The highest BCUT2D eigenvalue weighted by Crippen LogP contribution is 2.23. The summed E-state index contributed by atoms with van der Waals surface area (Å²) in [5.74, 6) is -0.0152. The molecule has 2 aromatic carbocycles. The van der Waals surface area contributed by atoms with Crippen LogP contribution in [0.5, 0.6) is 0 Å². The van der Waals surface area contributed by atoms with Crippen molar-refractivity contribution in [2.75, 3.05) is 16.2 Å². The molecule has 132 valence electrons. The molecular weight excluding hydrogens is 360 g/mol. The van der Waals surface area contributed by atoms with E-state index in [0.29, 0.717) is 29.2 Å². The van der Waals surface area contributed by atoms with Gasteiger partial charge in [0.15, 0.2) is 0 Å². The monoisotopic (exact) mass is 378 g/mol. The van der Waals surface area contributed by atoms with Crippen molar-refractivity contribution in [1.82, 2.24) is 0 Å². The Morgan fingerprint density at radius 1 is 1.00 bits per heavy atom. The number of hydrogen-bond donors (Lipinski definition) is 1. The van der Waals surface area contributed by atoms with Gasteiger partial charge in [-0.1, -0.05) is 23.7 Å². The lowest BCUT2D eigenvalue weighted by atomic mass is 10.1. The molecule has 7 heteroatoms. The summed E-state index contributed by atoms with van der Waals surface area (Å²) in [7, 11) is -3.52. The molecule has 1 saturated heterocycles. The molecule has 1 heterocycles. The van der Waals surface area contributed by atoms with E-state index < -0.39 is 10.0 Å². The third-order valence-electron chi connectivity index (χ3n) is 4.05. The summed E-state index contributed by atoms with van der Waals surface area (Å²) in [4.78, 5) is 13.7. The van der Waals surface area contributed by atoms with E-state index in [-0.39, 0.29) is 11.7 Å². The Balaban J connectivity index is 1.67. The number of halogens is 1. The van der Waals surface area contributed by atoms with E-state index in [9.17, 15) is 13.2 Å². The molecule has 25 heavy (non-hydrogen) atoms. The van der Waals surface area contributed by atoms with Crippen molar-refractivity contribution in [1.29, 1.82) is 0 Å². The van der Waals surface area contributed by atoms with Crippen LogP contribution in [-0.2, 0) is 20.6 Å². The number of rotatable bonds is 5. The van der Waals surface area contributed by atoms with E-state index in [1.807, 2.05) is 0 Å². The predicted molar refractivity (Wildman–Crippen MR) is 100 cm³/mol. The van der Waals surface area contributed by atoms with Gasteiger partial charge in [-0.3, -0.25) is 9.52 Å². The van der Waals surface area contributed by atoms with Gasteiger partial charge < -0.3 is 4.90 Å². The van der Waals surface area contributed by atoms with E-state index >= 15 is 0 Å². The third-order valence-corrected chi connectivity index (χ3v) is 5.56. The molecule has 0 saturated carbocycles. The van der Waals surface area contributed by atoms with Crippen molar-refractivity contribution in [3.05, 3.63) is 59.1 Å². The fourth-order valence-electron chi connectivity index (χ4n) is 2.80. The number of carbonyl (C=O) groups excluding carboxylic acids is 1. The van der Waals surface area contributed by atoms with Gasteiger partial charge in [-0.15, -0.1) is 0 Å². The van der Waals surface area contributed by atoms with Gasteiger partial charge in [-0.2, -0.15) is 0 Å². The van der Waals surface area contributed by atoms with Crippen LogP contribution in [0, 0.1) is 0 Å². The van der Waals surface area contributed by atoms with Gasteiger partial charge in [0, 0.05) is 29.4 Å². The summed E-state index contributed by atoms with van der Waals surface area (Å²) in [5, 5.41) is 0.567. The third kappa shape index (κ3) is 4.74. The molecule has 0 unspecified atom stereocenters. The van der Waals surface area contributed by atoms with Crippen molar-refractivity contribution in [3.63, 3.8) is 0 Å². The highest BCUT2D eigenvalue weighted by Gasteiger charge is 2.19. The quantitative estimate of drug-likeness (QED) is 0.860. The largest absolute Gasteiger partial charge is 0.312 e. The van der Waals surface area contributed by atoms with Gasteiger partial charge in [0.25, 0.3) is 0 Å².